The Bertz CT molecular complexity index is 481. The molecule has 0 fully saturated rings. The van der Waals surface area contributed by atoms with Gasteiger partial charge in [0.05, 0.1) is 23.9 Å². The van der Waals surface area contributed by atoms with Crippen LogP contribution in [-0.2, 0) is 9.59 Å². The SMILES string of the molecule is CCN(CC)CCC(C#N)c1ccccc1.O=C([O-])C(=O)[O-]. The Hall–Kier alpha value is -2.39. The molecule has 0 bridgehead atoms. The maximum atomic E-state index is 9.17. The average molecular weight is 304 g/mol. The van der Waals surface area contributed by atoms with E-state index >= 15 is 0 Å². The molecule has 120 valence electrons. The second-order valence-corrected chi connectivity index (χ2v) is 4.48. The van der Waals surface area contributed by atoms with Gasteiger partial charge < -0.3 is 24.7 Å². The highest BCUT2D eigenvalue weighted by Gasteiger charge is 2.11. The zero-order chi connectivity index (χ0) is 17.0. The van der Waals surface area contributed by atoms with E-state index in [-0.39, 0.29) is 5.92 Å². The summed E-state index contributed by atoms with van der Waals surface area (Å²) in [7, 11) is 0. The Balaban J connectivity index is 0.000000626. The van der Waals surface area contributed by atoms with Gasteiger partial charge in [-0.25, -0.2) is 0 Å². The summed E-state index contributed by atoms with van der Waals surface area (Å²) in [5.41, 5.74) is 1.14. The van der Waals surface area contributed by atoms with Crippen LogP contribution < -0.4 is 10.2 Å². The third kappa shape index (κ3) is 8.02. The molecular formula is C16H20N2O4-2. The molecule has 1 unspecified atom stereocenters. The van der Waals surface area contributed by atoms with Gasteiger partial charge in [0.2, 0.25) is 0 Å². The molecule has 6 heteroatoms. The van der Waals surface area contributed by atoms with Crippen LogP contribution in [0.4, 0.5) is 0 Å². The summed E-state index contributed by atoms with van der Waals surface area (Å²) >= 11 is 0. The molecule has 0 spiro atoms. The van der Waals surface area contributed by atoms with Gasteiger partial charge >= 0.3 is 0 Å². The van der Waals surface area contributed by atoms with Gasteiger partial charge in [0, 0.05) is 0 Å². The van der Waals surface area contributed by atoms with Crippen LogP contribution in [0.5, 0.6) is 0 Å². The molecule has 1 aromatic carbocycles. The summed E-state index contributed by atoms with van der Waals surface area (Å²) in [6, 6.07) is 12.5. The van der Waals surface area contributed by atoms with E-state index in [9.17, 15) is 0 Å². The summed E-state index contributed by atoms with van der Waals surface area (Å²) in [6.45, 7) is 7.44. The summed E-state index contributed by atoms with van der Waals surface area (Å²) in [5.74, 6) is -4.34. The normalized spacial score (nSPS) is 11.0. The van der Waals surface area contributed by atoms with Crippen molar-refractivity contribution >= 4 is 11.9 Å². The lowest BCUT2D eigenvalue weighted by Gasteiger charge is -2.19. The number of carbonyl (C=O) groups excluding carboxylic acids is 2. The van der Waals surface area contributed by atoms with Crippen LogP contribution >= 0.6 is 0 Å². The third-order valence-corrected chi connectivity index (χ3v) is 3.15. The van der Waals surface area contributed by atoms with Crippen molar-refractivity contribution in [1.82, 2.24) is 4.90 Å². The predicted molar refractivity (Wildman–Crippen MR) is 77.2 cm³/mol. The first-order valence-electron chi connectivity index (χ1n) is 7.05. The van der Waals surface area contributed by atoms with Crippen molar-refractivity contribution in [3.63, 3.8) is 0 Å². The Labute approximate surface area is 130 Å². The number of carboxylic acids is 2. The second-order valence-electron chi connectivity index (χ2n) is 4.48. The zero-order valence-electron chi connectivity index (χ0n) is 12.8. The minimum absolute atomic E-state index is 0.0294. The minimum atomic E-state index is -2.19. The van der Waals surface area contributed by atoms with Crippen molar-refractivity contribution in [2.75, 3.05) is 19.6 Å². The summed E-state index contributed by atoms with van der Waals surface area (Å²) in [5, 5.41) is 27.0. The lowest BCUT2D eigenvalue weighted by Crippen LogP contribution is -2.42. The molecule has 1 aromatic rings. The Kier molecular flexibility index (Phi) is 10.1. The van der Waals surface area contributed by atoms with E-state index in [2.05, 4.69) is 24.8 Å². The van der Waals surface area contributed by atoms with Gasteiger partial charge in [-0.3, -0.25) is 0 Å². The molecular weight excluding hydrogens is 284 g/mol. The molecule has 0 N–H and O–H groups in total. The van der Waals surface area contributed by atoms with Gasteiger partial charge in [0.1, 0.15) is 0 Å². The Morgan fingerprint density at radius 2 is 1.64 bits per heavy atom. The van der Waals surface area contributed by atoms with E-state index in [0.717, 1.165) is 31.6 Å². The van der Waals surface area contributed by atoms with Crippen molar-refractivity contribution in [3.05, 3.63) is 35.9 Å². The first kappa shape index (κ1) is 19.6. The van der Waals surface area contributed by atoms with Crippen LogP contribution in [0.2, 0.25) is 0 Å². The molecule has 0 saturated heterocycles. The fourth-order valence-electron chi connectivity index (χ4n) is 1.84. The highest BCUT2D eigenvalue weighted by atomic mass is 16.4. The lowest BCUT2D eigenvalue weighted by atomic mass is 9.97. The number of aliphatic carboxylic acids is 2. The van der Waals surface area contributed by atoms with E-state index in [1.807, 2.05) is 30.3 Å². The van der Waals surface area contributed by atoms with Gasteiger partial charge in [-0.2, -0.15) is 5.26 Å². The number of hydrogen-bond donors (Lipinski definition) is 0. The molecule has 6 nitrogen and oxygen atoms in total. The van der Waals surface area contributed by atoms with Crippen molar-refractivity contribution in [1.29, 1.82) is 5.26 Å². The van der Waals surface area contributed by atoms with Crippen LogP contribution in [0.25, 0.3) is 0 Å². The molecule has 0 radical (unpaired) electrons. The first-order chi connectivity index (χ1) is 10.5. The zero-order valence-corrected chi connectivity index (χ0v) is 12.8. The number of hydrogen-bond acceptors (Lipinski definition) is 6. The summed E-state index contributed by atoms with van der Waals surface area (Å²) in [4.78, 5) is 20.2. The molecule has 0 heterocycles. The van der Waals surface area contributed by atoms with Crippen molar-refractivity contribution in [2.24, 2.45) is 0 Å². The molecule has 0 aliphatic rings. The monoisotopic (exact) mass is 304 g/mol. The van der Waals surface area contributed by atoms with Gasteiger partial charge in [-0.15, -0.1) is 0 Å². The van der Waals surface area contributed by atoms with E-state index in [1.54, 1.807) is 0 Å². The Morgan fingerprint density at radius 3 is 2.00 bits per heavy atom. The highest BCUT2D eigenvalue weighted by Crippen LogP contribution is 2.18. The third-order valence-electron chi connectivity index (χ3n) is 3.15. The van der Waals surface area contributed by atoms with Gasteiger partial charge in [-0.1, -0.05) is 44.2 Å². The van der Waals surface area contributed by atoms with E-state index in [0.29, 0.717) is 0 Å². The number of nitrogens with zero attached hydrogens (tertiary/aromatic N) is 2. The standard InChI is InChI=1S/C14H20N2.C2H2O4/c1-3-16(4-2)11-10-14(12-15)13-8-6-5-7-9-13;3-1(4)2(5)6/h5-9,14H,3-4,10-11H2,1-2H3;(H,3,4)(H,5,6)/p-2. The lowest BCUT2D eigenvalue weighted by molar-refractivity contribution is -0.345. The maximum Gasteiger partial charge on any atom is 0.0870 e. The predicted octanol–water partition coefficient (Wildman–Crippen LogP) is -0.488. The van der Waals surface area contributed by atoms with E-state index < -0.39 is 11.9 Å². The van der Waals surface area contributed by atoms with Crippen LogP contribution in [0, 0.1) is 11.3 Å². The number of rotatable bonds is 6. The number of benzene rings is 1. The van der Waals surface area contributed by atoms with Gasteiger partial charge in [0.25, 0.3) is 0 Å². The molecule has 0 saturated carbocycles. The molecule has 0 aliphatic carbocycles. The molecule has 1 atom stereocenters. The fourth-order valence-corrected chi connectivity index (χ4v) is 1.84. The number of carbonyl (C=O) groups is 2. The van der Waals surface area contributed by atoms with Gasteiger partial charge in [-0.05, 0) is 31.6 Å². The number of nitriles is 1. The summed E-state index contributed by atoms with van der Waals surface area (Å²) < 4.78 is 0. The molecule has 22 heavy (non-hydrogen) atoms. The first-order valence-corrected chi connectivity index (χ1v) is 7.05. The minimum Gasteiger partial charge on any atom is -0.543 e. The van der Waals surface area contributed by atoms with Crippen LogP contribution in [0.3, 0.4) is 0 Å². The number of carboxylic acid groups (broad SMARTS) is 2. The highest BCUT2D eigenvalue weighted by molar-refractivity contribution is 6.25. The second kappa shape index (κ2) is 11.3. The largest absolute Gasteiger partial charge is 0.543 e. The van der Waals surface area contributed by atoms with Crippen molar-refractivity contribution in [3.8, 4) is 6.07 Å². The van der Waals surface area contributed by atoms with Crippen molar-refractivity contribution in [2.45, 2.75) is 26.2 Å². The van der Waals surface area contributed by atoms with Crippen LogP contribution in [0.15, 0.2) is 30.3 Å². The smallest absolute Gasteiger partial charge is 0.0870 e. The maximum absolute atomic E-state index is 9.17. The van der Waals surface area contributed by atoms with Crippen molar-refractivity contribution < 1.29 is 19.8 Å². The molecule has 1 rings (SSSR count). The summed E-state index contributed by atoms with van der Waals surface area (Å²) in [6.07, 6.45) is 0.919. The topological polar surface area (TPSA) is 107 Å². The van der Waals surface area contributed by atoms with E-state index in [1.165, 1.54) is 0 Å². The van der Waals surface area contributed by atoms with Crippen LogP contribution in [0.1, 0.15) is 31.7 Å². The van der Waals surface area contributed by atoms with Gasteiger partial charge in [0.15, 0.2) is 0 Å². The Morgan fingerprint density at radius 1 is 1.14 bits per heavy atom. The van der Waals surface area contributed by atoms with E-state index in [4.69, 9.17) is 25.1 Å². The average Bonchev–Trinajstić information content (AvgIpc) is 2.53. The quantitative estimate of drug-likeness (QED) is 0.656. The fraction of sp³-hybridized carbons (Fsp3) is 0.438. The van der Waals surface area contributed by atoms with Crippen LogP contribution in [-0.4, -0.2) is 36.5 Å². The molecule has 0 aromatic heterocycles. The molecule has 0 aliphatic heterocycles. The molecule has 0 amide bonds.